The maximum Gasteiger partial charge on any atom is 0.280 e. The fourth-order valence-electron chi connectivity index (χ4n) is 2.31. The highest BCUT2D eigenvalue weighted by atomic mass is 32.2. The van der Waals surface area contributed by atoms with Gasteiger partial charge in [-0.2, -0.15) is 0 Å². The van der Waals surface area contributed by atoms with E-state index in [0.717, 1.165) is 12.3 Å². The summed E-state index contributed by atoms with van der Waals surface area (Å²) in [7, 11) is -4.18. The van der Waals surface area contributed by atoms with Crippen molar-refractivity contribution in [1.82, 2.24) is 9.97 Å². The molecular formula is C12H8N4O5S. The van der Waals surface area contributed by atoms with Crippen LogP contribution in [0, 0.1) is 10.1 Å². The number of nitrogens with two attached hydrogens (primary N) is 1. The summed E-state index contributed by atoms with van der Waals surface area (Å²) < 4.78 is 23.4. The monoisotopic (exact) mass is 320 g/mol. The van der Waals surface area contributed by atoms with Crippen LogP contribution in [-0.2, 0) is 10.0 Å². The molecule has 0 aliphatic rings. The fourth-order valence-corrected chi connectivity index (χ4v) is 3.08. The molecule has 3 rings (SSSR count). The number of nitrogens with zero attached hydrogens (tertiary/aromatic N) is 2. The molecule has 0 spiro atoms. The number of fused-ring (bicyclic) bond motifs is 3. The van der Waals surface area contributed by atoms with Crippen LogP contribution in [0.1, 0.15) is 0 Å². The molecule has 2 aromatic carbocycles. The number of benzene rings is 2. The van der Waals surface area contributed by atoms with E-state index >= 15 is 0 Å². The third-order valence-electron chi connectivity index (χ3n) is 3.15. The summed E-state index contributed by atoms with van der Waals surface area (Å²) in [5, 5.41) is 16.4. The van der Waals surface area contributed by atoms with E-state index < -0.39 is 26.2 Å². The van der Waals surface area contributed by atoms with E-state index in [2.05, 4.69) is 9.97 Å². The van der Waals surface area contributed by atoms with Crippen molar-refractivity contribution in [2.24, 2.45) is 5.14 Å². The van der Waals surface area contributed by atoms with E-state index in [9.17, 15) is 23.3 Å². The lowest BCUT2D eigenvalue weighted by Gasteiger charge is -2.08. The first-order chi connectivity index (χ1) is 10.3. The summed E-state index contributed by atoms with van der Waals surface area (Å²) in [6, 6.07) is 5.11. The van der Waals surface area contributed by atoms with Gasteiger partial charge in [-0.05, 0) is 6.07 Å². The molecule has 3 N–H and O–H groups in total. The van der Waals surface area contributed by atoms with Gasteiger partial charge in [-0.3, -0.25) is 14.9 Å². The largest absolute Gasteiger partial charge is 0.319 e. The first-order valence-corrected chi connectivity index (χ1v) is 7.45. The van der Waals surface area contributed by atoms with E-state index in [1.165, 1.54) is 18.2 Å². The molecule has 0 aliphatic carbocycles. The van der Waals surface area contributed by atoms with Gasteiger partial charge in [0.05, 0.1) is 32.4 Å². The van der Waals surface area contributed by atoms with Gasteiger partial charge < -0.3 is 4.98 Å². The lowest BCUT2D eigenvalue weighted by Crippen LogP contribution is -2.13. The zero-order chi connectivity index (χ0) is 16.1. The Morgan fingerprint density at radius 1 is 1.32 bits per heavy atom. The minimum absolute atomic E-state index is 0.161. The average molecular weight is 320 g/mol. The number of hydrogen-bond donors (Lipinski definition) is 2. The summed E-state index contributed by atoms with van der Waals surface area (Å²) in [6.45, 7) is 0. The van der Waals surface area contributed by atoms with Crippen LogP contribution >= 0.6 is 0 Å². The van der Waals surface area contributed by atoms with Gasteiger partial charge in [0.1, 0.15) is 0 Å². The summed E-state index contributed by atoms with van der Waals surface area (Å²) in [5.74, 6) is 0. The SMILES string of the molecule is NS(=O)(=O)c1cccc2c1c([N+](=O)[O-])cc1ncc(=O)[nH]c12. The van der Waals surface area contributed by atoms with Crippen molar-refractivity contribution in [3.05, 3.63) is 50.9 Å². The van der Waals surface area contributed by atoms with Crippen molar-refractivity contribution >= 4 is 37.5 Å². The molecule has 0 unspecified atom stereocenters. The Bertz CT molecular complexity index is 1100. The van der Waals surface area contributed by atoms with Crippen LogP contribution in [0.15, 0.2) is 40.2 Å². The number of non-ortho nitro benzene ring substituents is 1. The number of aromatic nitrogens is 2. The van der Waals surface area contributed by atoms with Crippen molar-refractivity contribution in [3.8, 4) is 0 Å². The molecule has 0 saturated heterocycles. The molecule has 0 aliphatic heterocycles. The lowest BCUT2D eigenvalue weighted by molar-refractivity contribution is -0.383. The Morgan fingerprint density at radius 2 is 2.05 bits per heavy atom. The van der Waals surface area contributed by atoms with Crippen LogP contribution < -0.4 is 10.7 Å². The number of H-pyrrole nitrogens is 1. The van der Waals surface area contributed by atoms with Gasteiger partial charge in [-0.1, -0.05) is 12.1 Å². The molecule has 9 nitrogen and oxygen atoms in total. The van der Waals surface area contributed by atoms with Gasteiger partial charge >= 0.3 is 0 Å². The second kappa shape index (κ2) is 4.58. The lowest BCUT2D eigenvalue weighted by atomic mass is 10.1. The molecule has 0 saturated carbocycles. The second-order valence-electron chi connectivity index (χ2n) is 4.52. The van der Waals surface area contributed by atoms with Crippen LogP contribution in [0.5, 0.6) is 0 Å². The Morgan fingerprint density at radius 3 is 2.68 bits per heavy atom. The van der Waals surface area contributed by atoms with E-state index in [-0.39, 0.29) is 26.7 Å². The van der Waals surface area contributed by atoms with Gasteiger partial charge in [-0.25, -0.2) is 18.5 Å². The molecule has 22 heavy (non-hydrogen) atoms. The molecule has 1 heterocycles. The van der Waals surface area contributed by atoms with Gasteiger partial charge in [-0.15, -0.1) is 0 Å². The van der Waals surface area contributed by atoms with Crippen molar-refractivity contribution < 1.29 is 13.3 Å². The second-order valence-corrected chi connectivity index (χ2v) is 6.05. The number of aromatic amines is 1. The smallest absolute Gasteiger partial charge is 0.280 e. The summed E-state index contributed by atoms with van der Waals surface area (Å²) in [5.41, 5.74) is -0.584. The van der Waals surface area contributed by atoms with Crippen molar-refractivity contribution in [2.75, 3.05) is 0 Å². The molecule has 112 valence electrons. The van der Waals surface area contributed by atoms with Crippen molar-refractivity contribution in [1.29, 1.82) is 0 Å². The van der Waals surface area contributed by atoms with Gasteiger partial charge in [0.15, 0.2) is 0 Å². The van der Waals surface area contributed by atoms with Crippen LogP contribution in [-0.4, -0.2) is 23.3 Å². The molecular weight excluding hydrogens is 312 g/mol. The predicted molar refractivity (Wildman–Crippen MR) is 77.9 cm³/mol. The Kier molecular flexibility index (Phi) is 2.93. The van der Waals surface area contributed by atoms with Crippen LogP contribution in [0.3, 0.4) is 0 Å². The van der Waals surface area contributed by atoms with Crippen LogP contribution in [0.25, 0.3) is 21.8 Å². The highest BCUT2D eigenvalue weighted by Gasteiger charge is 2.23. The third kappa shape index (κ3) is 2.10. The molecule has 0 amide bonds. The minimum atomic E-state index is -4.18. The summed E-state index contributed by atoms with van der Waals surface area (Å²) in [6.07, 6.45) is 0.988. The molecule has 0 fully saturated rings. The van der Waals surface area contributed by atoms with Crippen LogP contribution in [0.4, 0.5) is 5.69 Å². The number of nitro benzene ring substituents is 1. The highest BCUT2D eigenvalue weighted by molar-refractivity contribution is 7.89. The molecule has 0 bridgehead atoms. The van der Waals surface area contributed by atoms with Gasteiger partial charge in [0, 0.05) is 11.5 Å². The topological polar surface area (TPSA) is 149 Å². The summed E-state index contributed by atoms with van der Waals surface area (Å²) >= 11 is 0. The number of nitrogens with one attached hydrogen (secondary N) is 1. The maximum atomic E-state index is 11.7. The standard InChI is InChI=1S/C12H8N4O5S/c13-22(20,21)9-3-1-2-6-11(9)8(16(18)19)4-7-12(6)15-10(17)5-14-7/h1-5H,(H,15,17)(H2,13,20,21). The fraction of sp³-hybridized carbons (Fsp3) is 0. The number of hydrogen-bond acceptors (Lipinski definition) is 6. The van der Waals surface area contributed by atoms with Gasteiger partial charge in [0.2, 0.25) is 10.0 Å². The average Bonchev–Trinajstić information content (AvgIpc) is 2.44. The third-order valence-corrected chi connectivity index (χ3v) is 4.11. The van der Waals surface area contributed by atoms with E-state index in [0.29, 0.717) is 0 Å². The van der Waals surface area contributed by atoms with E-state index in [1.807, 2.05) is 0 Å². The number of sulfonamides is 1. The minimum Gasteiger partial charge on any atom is -0.319 e. The van der Waals surface area contributed by atoms with E-state index in [4.69, 9.17) is 5.14 Å². The molecule has 0 atom stereocenters. The normalized spacial score (nSPS) is 11.9. The highest BCUT2D eigenvalue weighted by Crippen LogP contribution is 2.35. The number of rotatable bonds is 2. The predicted octanol–water partition coefficient (Wildman–Crippen LogP) is 0.632. The van der Waals surface area contributed by atoms with Gasteiger partial charge in [0.25, 0.3) is 11.2 Å². The first-order valence-electron chi connectivity index (χ1n) is 5.91. The molecule has 0 radical (unpaired) electrons. The zero-order valence-corrected chi connectivity index (χ0v) is 11.6. The Hall–Kier alpha value is -2.85. The van der Waals surface area contributed by atoms with Crippen molar-refractivity contribution in [3.63, 3.8) is 0 Å². The zero-order valence-electron chi connectivity index (χ0n) is 10.8. The van der Waals surface area contributed by atoms with Crippen molar-refractivity contribution in [2.45, 2.75) is 4.90 Å². The molecule has 1 aromatic heterocycles. The number of primary sulfonamides is 1. The first kappa shape index (κ1) is 14.1. The molecule has 3 aromatic rings. The maximum absolute atomic E-state index is 11.7. The number of nitro groups is 1. The van der Waals surface area contributed by atoms with Crippen LogP contribution in [0.2, 0.25) is 0 Å². The molecule has 10 heteroatoms. The quantitative estimate of drug-likeness (QED) is 0.402. The Balaban J connectivity index is 2.69. The summed E-state index contributed by atoms with van der Waals surface area (Å²) in [4.78, 5) is 27.9. The van der Waals surface area contributed by atoms with E-state index in [1.54, 1.807) is 0 Å². The Labute approximate surface area is 122 Å².